The largest absolute Gasteiger partial charge is 0.327 e. The predicted molar refractivity (Wildman–Crippen MR) is 69.9 cm³/mol. The van der Waals surface area contributed by atoms with Gasteiger partial charge in [-0.2, -0.15) is 0 Å². The van der Waals surface area contributed by atoms with Gasteiger partial charge in [-0.3, -0.25) is 4.98 Å². The molecule has 1 unspecified atom stereocenters. The molecule has 0 radical (unpaired) electrons. The van der Waals surface area contributed by atoms with Crippen LogP contribution in [0.4, 0.5) is 0 Å². The average molecular weight is 240 g/mol. The molecule has 0 spiro atoms. The van der Waals surface area contributed by atoms with Crippen LogP contribution in [0.15, 0.2) is 24.9 Å². The van der Waals surface area contributed by atoms with Crippen molar-refractivity contribution in [1.29, 1.82) is 0 Å². The summed E-state index contributed by atoms with van der Waals surface area (Å²) in [5.74, 6) is 6.45. The van der Waals surface area contributed by atoms with Crippen LogP contribution in [-0.4, -0.2) is 19.5 Å². The van der Waals surface area contributed by atoms with Gasteiger partial charge in [-0.1, -0.05) is 13.8 Å². The number of rotatable bonds is 2. The molecule has 0 aromatic carbocycles. The summed E-state index contributed by atoms with van der Waals surface area (Å²) in [6.45, 7) is 4.29. The summed E-state index contributed by atoms with van der Waals surface area (Å²) >= 11 is 0. The number of aryl methyl sites for hydroxylation is 1. The van der Waals surface area contributed by atoms with Gasteiger partial charge in [-0.15, -0.1) is 0 Å². The van der Waals surface area contributed by atoms with Crippen molar-refractivity contribution in [2.24, 2.45) is 7.05 Å². The molecule has 2 aromatic heterocycles. The molecule has 18 heavy (non-hydrogen) atoms. The Kier molecular flexibility index (Phi) is 3.73. The Morgan fingerprint density at radius 1 is 1.22 bits per heavy atom. The van der Waals surface area contributed by atoms with Gasteiger partial charge in [0.15, 0.2) is 0 Å². The van der Waals surface area contributed by atoms with E-state index in [-0.39, 0.29) is 0 Å². The highest BCUT2D eigenvalue weighted by Gasteiger charge is 2.04. The molecule has 4 heteroatoms. The van der Waals surface area contributed by atoms with Gasteiger partial charge in [-0.05, 0) is 24.2 Å². The third kappa shape index (κ3) is 2.75. The van der Waals surface area contributed by atoms with Crippen LogP contribution in [0.3, 0.4) is 0 Å². The van der Waals surface area contributed by atoms with Crippen molar-refractivity contribution in [3.63, 3.8) is 0 Å². The van der Waals surface area contributed by atoms with Gasteiger partial charge in [-0.25, -0.2) is 9.97 Å². The fraction of sp³-hybridized carbons (Fsp3) is 0.357. The highest BCUT2D eigenvalue weighted by atomic mass is 15.0. The molecule has 0 aliphatic carbocycles. The van der Waals surface area contributed by atoms with E-state index in [2.05, 4.69) is 40.6 Å². The van der Waals surface area contributed by atoms with Crippen LogP contribution in [0, 0.1) is 11.8 Å². The first-order valence-corrected chi connectivity index (χ1v) is 6.01. The zero-order chi connectivity index (χ0) is 13.0. The molecule has 2 aromatic rings. The second kappa shape index (κ2) is 5.46. The first-order valence-electron chi connectivity index (χ1n) is 6.01. The Morgan fingerprint density at radius 3 is 2.61 bits per heavy atom. The van der Waals surface area contributed by atoms with Crippen molar-refractivity contribution >= 4 is 0 Å². The monoisotopic (exact) mass is 240 g/mol. The van der Waals surface area contributed by atoms with Crippen LogP contribution in [0.2, 0.25) is 0 Å². The summed E-state index contributed by atoms with van der Waals surface area (Å²) in [5.41, 5.74) is 2.56. The zero-order valence-corrected chi connectivity index (χ0v) is 10.9. The van der Waals surface area contributed by atoms with E-state index in [0.717, 1.165) is 17.8 Å². The van der Waals surface area contributed by atoms with Crippen LogP contribution >= 0.6 is 0 Å². The van der Waals surface area contributed by atoms with Gasteiger partial charge in [0.25, 0.3) is 0 Å². The van der Waals surface area contributed by atoms with Gasteiger partial charge in [0.2, 0.25) is 0 Å². The molecule has 0 saturated heterocycles. The predicted octanol–water partition coefficient (Wildman–Crippen LogP) is 2.12. The van der Waals surface area contributed by atoms with Crippen molar-refractivity contribution in [3.8, 4) is 11.8 Å². The van der Waals surface area contributed by atoms with E-state index in [1.54, 1.807) is 24.9 Å². The Bertz CT molecular complexity index is 572. The van der Waals surface area contributed by atoms with Gasteiger partial charge in [0.1, 0.15) is 11.4 Å². The molecular formula is C14H16N4. The fourth-order valence-corrected chi connectivity index (χ4v) is 1.47. The molecule has 0 N–H and O–H groups in total. The van der Waals surface area contributed by atoms with Gasteiger partial charge in [0.05, 0.1) is 30.6 Å². The molecule has 0 aliphatic rings. The zero-order valence-electron chi connectivity index (χ0n) is 10.9. The van der Waals surface area contributed by atoms with E-state index in [0.29, 0.717) is 11.6 Å². The fourth-order valence-electron chi connectivity index (χ4n) is 1.47. The second-order valence-corrected chi connectivity index (χ2v) is 4.28. The molecular weight excluding hydrogens is 224 g/mol. The molecule has 0 fully saturated rings. The lowest BCUT2D eigenvalue weighted by molar-refractivity contribution is 0.702. The van der Waals surface area contributed by atoms with Crippen LogP contribution in [-0.2, 0) is 7.05 Å². The average Bonchev–Trinajstić information content (AvgIpc) is 2.81. The third-order valence-electron chi connectivity index (χ3n) is 2.92. The Hall–Kier alpha value is -2.15. The molecule has 1 atom stereocenters. The first-order chi connectivity index (χ1) is 8.70. The molecule has 0 bridgehead atoms. The van der Waals surface area contributed by atoms with Crippen LogP contribution in [0.1, 0.15) is 43.3 Å². The van der Waals surface area contributed by atoms with Crippen LogP contribution in [0.5, 0.6) is 0 Å². The minimum Gasteiger partial charge on any atom is -0.327 e. The minimum atomic E-state index is 0.441. The smallest absolute Gasteiger partial charge is 0.131 e. The number of hydrogen-bond acceptors (Lipinski definition) is 3. The summed E-state index contributed by atoms with van der Waals surface area (Å²) in [6, 6.07) is 0. The molecule has 0 saturated carbocycles. The SMILES string of the molecule is CCC(C)c1cnc(C#Cc2cncn2C)cn1. The van der Waals surface area contributed by atoms with Crippen molar-refractivity contribution in [2.45, 2.75) is 26.2 Å². The molecule has 4 nitrogen and oxygen atoms in total. The minimum absolute atomic E-state index is 0.441. The van der Waals surface area contributed by atoms with Crippen LogP contribution in [0.25, 0.3) is 0 Å². The standard InChI is InChI=1S/C14H16N4/c1-4-11(2)14-9-16-12(7-17-14)5-6-13-8-15-10-18(13)3/h7-11H,4H2,1-3H3. The molecule has 2 heterocycles. The number of aromatic nitrogens is 4. The van der Waals surface area contributed by atoms with Crippen LogP contribution < -0.4 is 0 Å². The van der Waals surface area contributed by atoms with Crippen molar-refractivity contribution in [1.82, 2.24) is 19.5 Å². The van der Waals surface area contributed by atoms with Crippen molar-refractivity contribution in [2.75, 3.05) is 0 Å². The third-order valence-corrected chi connectivity index (χ3v) is 2.92. The normalized spacial score (nSPS) is 11.7. The lowest BCUT2D eigenvalue weighted by Gasteiger charge is -2.05. The lowest BCUT2D eigenvalue weighted by Crippen LogP contribution is -1.97. The molecule has 2 rings (SSSR count). The Labute approximate surface area is 107 Å². The van der Waals surface area contributed by atoms with E-state index in [1.165, 1.54) is 0 Å². The quantitative estimate of drug-likeness (QED) is 0.755. The first kappa shape index (κ1) is 12.3. The van der Waals surface area contributed by atoms with E-state index < -0.39 is 0 Å². The highest BCUT2D eigenvalue weighted by Crippen LogP contribution is 2.14. The highest BCUT2D eigenvalue weighted by molar-refractivity contribution is 5.34. The van der Waals surface area contributed by atoms with Crippen molar-refractivity contribution < 1.29 is 0 Å². The maximum absolute atomic E-state index is 4.38. The van der Waals surface area contributed by atoms with E-state index >= 15 is 0 Å². The van der Waals surface area contributed by atoms with Gasteiger partial charge in [0, 0.05) is 7.05 Å². The van der Waals surface area contributed by atoms with Gasteiger partial charge < -0.3 is 4.57 Å². The summed E-state index contributed by atoms with van der Waals surface area (Å²) in [6.07, 6.45) is 8.05. The topological polar surface area (TPSA) is 43.6 Å². The number of nitrogens with zero attached hydrogens (tertiary/aromatic N) is 4. The Morgan fingerprint density at radius 2 is 2.06 bits per heavy atom. The number of imidazole rings is 1. The molecule has 92 valence electrons. The molecule has 0 aliphatic heterocycles. The lowest BCUT2D eigenvalue weighted by atomic mass is 10.1. The van der Waals surface area contributed by atoms with Crippen molar-refractivity contribution in [3.05, 3.63) is 42.0 Å². The summed E-state index contributed by atoms with van der Waals surface area (Å²) in [5, 5.41) is 0. The maximum Gasteiger partial charge on any atom is 0.131 e. The summed E-state index contributed by atoms with van der Waals surface area (Å²) in [4.78, 5) is 12.7. The summed E-state index contributed by atoms with van der Waals surface area (Å²) < 4.78 is 1.87. The van der Waals surface area contributed by atoms with Gasteiger partial charge >= 0.3 is 0 Å². The van der Waals surface area contributed by atoms with E-state index in [4.69, 9.17) is 0 Å². The summed E-state index contributed by atoms with van der Waals surface area (Å²) in [7, 11) is 1.91. The Balaban J connectivity index is 2.17. The number of hydrogen-bond donors (Lipinski definition) is 0. The van der Waals surface area contributed by atoms with E-state index in [1.807, 2.05) is 11.6 Å². The maximum atomic E-state index is 4.38. The molecule has 0 amide bonds. The second-order valence-electron chi connectivity index (χ2n) is 4.28. The van der Waals surface area contributed by atoms with E-state index in [9.17, 15) is 0 Å².